The zero-order chi connectivity index (χ0) is 13.7. The fourth-order valence-electron chi connectivity index (χ4n) is 2.65. The molecule has 1 aliphatic carbocycles. The molecule has 0 aliphatic heterocycles. The third-order valence-electron chi connectivity index (χ3n) is 3.67. The Morgan fingerprint density at radius 2 is 2.21 bits per heavy atom. The van der Waals surface area contributed by atoms with Crippen LogP contribution < -0.4 is 11.1 Å². The maximum atomic E-state index is 12.3. The van der Waals surface area contributed by atoms with Crippen LogP contribution in [-0.2, 0) is 6.42 Å². The summed E-state index contributed by atoms with van der Waals surface area (Å²) >= 11 is 0. The molecular weight excluding hydrogens is 238 g/mol. The van der Waals surface area contributed by atoms with Gasteiger partial charge in [0.2, 0.25) is 0 Å². The van der Waals surface area contributed by atoms with E-state index in [1.807, 2.05) is 24.3 Å². The normalized spacial score (nSPS) is 21.9. The summed E-state index contributed by atoms with van der Waals surface area (Å²) in [6, 6.07) is 9.77. The number of hydrogen-bond donors (Lipinski definition) is 2. The number of hydrogen-bond acceptors (Lipinski definition) is 3. The van der Waals surface area contributed by atoms with Crippen molar-refractivity contribution in [2.75, 3.05) is 6.54 Å². The van der Waals surface area contributed by atoms with Gasteiger partial charge >= 0.3 is 0 Å². The SMILES string of the molecule is N#CC1CCCC1NC(=O)c1ccccc1CCN. The van der Waals surface area contributed by atoms with E-state index in [1.54, 1.807) is 0 Å². The Balaban J connectivity index is 2.10. The highest BCUT2D eigenvalue weighted by Crippen LogP contribution is 2.25. The molecule has 3 N–H and O–H groups in total. The number of nitrogens with one attached hydrogen (secondary N) is 1. The minimum Gasteiger partial charge on any atom is -0.348 e. The summed E-state index contributed by atoms with van der Waals surface area (Å²) in [5, 5.41) is 12.0. The summed E-state index contributed by atoms with van der Waals surface area (Å²) in [5.41, 5.74) is 7.21. The average molecular weight is 257 g/mol. The summed E-state index contributed by atoms with van der Waals surface area (Å²) in [6.07, 6.45) is 3.47. The Kier molecular flexibility index (Phi) is 4.53. The molecule has 19 heavy (non-hydrogen) atoms. The Labute approximate surface area is 113 Å². The van der Waals surface area contributed by atoms with Gasteiger partial charge in [-0.3, -0.25) is 4.79 Å². The van der Waals surface area contributed by atoms with E-state index in [9.17, 15) is 4.79 Å². The number of benzene rings is 1. The lowest BCUT2D eigenvalue weighted by Crippen LogP contribution is -2.37. The number of nitrogens with zero attached hydrogens (tertiary/aromatic N) is 1. The first-order chi connectivity index (χ1) is 9.26. The molecule has 0 bridgehead atoms. The predicted octanol–water partition coefficient (Wildman–Crippen LogP) is 1.61. The number of carbonyl (C=O) groups is 1. The second-order valence-corrected chi connectivity index (χ2v) is 4.94. The van der Waals surface area contributed by atoms with Gasteiger partial charge in [-0.25, -0.2) is 0 Å². The van der Waals surface area contributed by atoms with Crippen LogP contribution in [0.5, 0.6) is 0 Å². The smallest absolute Gasteiger partial charge is 0.251 e. The van der Waals surface area contributed by atoms with Gasteiger partial charge in [0.05, 0.1) is 12.0 Å². The lowest BCUT2D eigenvalue weighted by molar-refractivity contribution is 0.0932. The van der Waals surface area contributed by atoms with Crippen molar-refractivity contribution < 1.29 is 4.79 Å². The van der Waals surface area contributed by atoms with Crippen LogP contribution in [0.4, 0.5) is 0 Å². The van der Waals surface area contributed by atoms with E-state index >= 15 is 0 Å². The first-order valence-corrected chi connectivity index (χ1v) is 6.74. The van der Waals surface area contributed by atoms with Crippen molar-refractivity contribution in [2.45, 2.75) is 31.7 Å². The molecule has 4 heteroatoms. The second-order valence-electron chi connectivity index (χ2n) is 4.94. The van der Waals surface area contributed by atoms with Gasteiger partial charge in [0.15, 0.2) is 0 Å². The van der Waals surface area contributed by atoms with Gasteiger partial charge in [-0.1, -0.05) is 18.2 Å². The molecular formula is C15H19N3O. The van der Waals surface area contributed by atoms with Crippen molar-refractivity contribution in [3.63, 3.8) is 0 Å². The van der Waals surface area contributed by atoms with Crippen LogP contribution in [-0.4, -0.2) is 18.5 Å². The van der Waals surface area contributed by atoms with Gasteiger partial charge in [0.25, 0.3) is 5.91 Å². The Hall–Kier alpha value is -1.86. The summed E-state index contributed by atoms with van der Waals surface area (Å²) in [5.74, 6) is -0.137. The van der Waals surface area contributed by atoms with Crippen molar-refractivity contribution in [1.82, 2.24) is 5.32 Å². The summed E-state index contributed by atoms with van der Waals surface area (Å²) in [4.78, 5) is 12.3. The zero-order valence-corrected chi connectivity index (χ0v) is 10.9. The van der Waals surface area contributed by atoms with Crippen molar-refractivity contribution in [3.8, 4) is 6.07 Å². The molecule has 1 aromatic rings. The molecule has 0 radical (unpaired) electrons. The summed E-state index contributed by atoms with van der Waals surface area (Å²) < 4.78 is 0. The number of nitrogens with two attached hydrogens (primary N) is 1. The monoisotopic (exact) mass is 257 g/mol. The van der Waals surface area contributed by atoms with Crippen molar-refractivity contribution in [3.05, 3.63) is 35.4 Å². The van der Waals surface area contributed by atoms with E-state index in [4.69, 9.17) is 11.0 Å². The Morgan fingerprint density at radius 1 is 1.42 bits per heavy atom. The zero-order valence-electron chi connectivity index (χ0n) is 10.9. The van der Waals surface area contributed by atoms with Crippen LogP contribution in [0.25, 0.3) is 0 Å². The van der Waals surface area contributed by atoms with E-state index in [0.717, 1.165) is 24.8 Å². The molecule has 0 heterocycles. The third-order valence-corrected chi connectivity index (χ3v) is 3.67. The first-order valence-electron chi connectivity index (χ1n) is 6.74. The number of amides is 1. The van der Waals surface area contributed by atoms with Crippen LogP contribution in [0.2, 0.25) is 0 Å². The maximum Gasteiger partial charge on any atom is 0.251 e. The molecule has 0 spiro atoms. The molecule has 2 atom stereocenters. The van der Waals surface area contributed by atoms with E-state index in [2.05, 4.69) is 11.4 Å². The minimum absolute atomic E-state index is 0.0107. The Bertz CT molecular complexity index is 492. The van der Waals surface area contributed by atoms with Crippen LogP contribution in [0.1, 0.15) is 35.2 Å². The van der Waals surface area contributed by atoms with Crippen molar-refractivity contribution in [2.24, 2.45) is 11.7 Å². The fraction of sp³-hybridized carbons (Fsp3) is 0.467. The molecule has 2 rings (SSSR count). The van der Waals surface area contributed by atoms with Gasteiger partial charge < -0.3 is 11.1 Å². The number of nitriles is 1. The standard InChI is InChI=1S/C15H19N3O/c16-9-8-11-4-1-2-6-13(11)15(19)18-14-7-3-5-12(14)10-17/h1-2,4,6,12,14H,3,5,7-9,16H2,(H,18,19). The average Bonchev–Trinajstić information content (AvgIpc) is 2.87. The highest BCUT2D eigenvalue weighted by molar-refractivity contribution is 5.95. The van der Waals surface area contributed by atoms with Crippen LogP contribution in [0, 0.1) is 17.2 Å². The number of carbonyl (C=O) groups excluding carboxylic acids is 1. The van der Waals surface area contributed by atoms with Gasteiger partial charge in [0.1, 0.15) is 0 Å². The van der Waals surface area contributed by atoms with Crippen molar-refractivity contribution >= 4 is 5.91 Å². The van der Waals surface area contributed by atoms with E-state index in [1.165, 1.54) is 0 Å². The van der Waals surface area contributed by atoms with Crippen LogP contribution in [0.3, 0.4) is 0 Å². The Morgan fingerprint density at radius 3 is 2.95 bits per heavy atom. The summed E-state index contributed by atoms with van der Waals surface area (Å²) in [6.45, 7) is 0.522. The molecule has 1 amide bonds. The quantitative estimate of drug-likeness (QED) is 0.860. The van der Waals surface area contributed by atoms with Crippen LogP contribution >= 0.6 is 0 Å². The fourth-order valence-corrected chi connectivity index (χ4v) is 2.65. The molecule has 4 nitrogen and oxygen atoms in total. The molecule has 100 valence electrons. The highest BCUT2D eigenvalue weighted by atomic mass is 16.1. The van der Waals surface area contributed by atoms with Crippen molar-refractivity contribution in [1.29, 1.82) is 5.26 Å². The molecule has 1 saturated carbocycles. The molecule has 1 aromatic carbocycles. The third kappa shape index (κ3) is 3.12. The second kappa shape index (κ2) is 6.35. The topological polar surface area (TPSA) is 78.9 Å². The largest absolute Gasteiger partial charge is 0.348 e. The molecule has 2 unspecified atom stereocenters. The predicted molar refractivity (Wildman–Crippen MR) is 73.4 cm³/mol. The van der Waals surface area contributed by atoms with Gasteiger partial charge in [-0.2, -0.15) is 5.26 Å². The lowest BCUT2D eigenvalue weighted by atomic mass is 10.0. The molecule has 0 saturated heterocycles. The van der Waals surface area contributed by atoms with Gasteiger partial charge in [-0.05, 0) is 43.9 Å². The summed E-state index contributed by atoms with van der Waals surface area (Å²) in [7, 11) is 0. The maximum absolute atomic E-state index is 12.3. The highest BCUT2D eigenvalue weighted by Gasteiger charge is 2.28. The molecule has 1 aliphatic rings. The molecule has 1 fully saturated rings. The van der Waals surface area contributed by atoms with Crippen LogP contribution in [0.15, 0.2) is 24.3 Å². The van der Waals surface area contributed by atoms with E-state index in [-0.39, 0.29) is 17.9 Å². The minimum atomic E-state index is -0.0869. The van der Waals surface area contributed by atoms with Gasteiger partial charge in [-0.15, -0.1) is 0 Å². The van der Waals surface area contributed by atoms with E-state index in [0.29, 0.717) is 18.5 Å². The first kappa shape index (κ1) is 13.6. The lowest BCUT2D eigenvalue weighted by Gasteiger charge is -2.17. The molecule has 0 aromatic heterocycles. The number of rotatable bonds is 4. The van der Waals surface area contributed by atoms with Gasteiger partial charge in [0, 0.05) is 11.6 Å². The van der Waals surface area contributed by atoms with E-state index < -0.39 is 0 Å².